The molecule has 5 rings (SSSR count). The highest BCUT2D eigenvalue weighted by Crippen LogP contribution is 2.35. The Hall–Kier alpha value is -3.56. The van der Waals surface area contributed by atoms with E-state index in [2.05, 4.69) is 15.0 Å². The molecule has 138 valence electrons. The molecule has 4 aromatic carbocycles. The predicted molar refractivity (Wildman–Crippen MR) is 119 cm³/mol. The fourth-order valence-corrected chi connectivity index (χ4v) is 2.76. The van der Waals surface area contributed by atoms with E-state index in [4.69, 9.17) is 33.5 Å². The van der Waals surface area contributed by atoms with Crippen LogP contribution in [0.2, 0.25) is 5.28 Å². The SMILES string of the molecule is [2H]c1c([2H])c([2H])c(-c2nc(Cl)nc(-c3c([2H])c([2H])c(-c4c([2H])c([2H])c([2H])c([2H])c4[2H])c4c([2H])c([2H])c([2H])c([2H])c34)n2)c([2H])c1[2H]. The van der Waals surface area contributed by atoms with E-state index in [1.165, 1.54) is 0 Å². The summed E-state index contributed by atoms with van der Waals surface area (Å²) in [4.78, 5) is 12.0. The molecule has 0 aliphatic heterocycles. The van der Waals surface area contributed by atoms with Crippen molar-refractivity contribution in [1.82, 2.24) is 15.0 Å². The smallest absolute Gasteiger partial charge is 0.208 e. The van der Waals surface area contributed by atoms with Gasteiger partial charge in [-0.15, -0.1) is 0 Å². The quantitative estimate of drug-likeness (QED) is 0.333. The van der Waals surface area contributed by atoms with E-state index in [1.54, 1.807) is 0 Å². The zero-order chi connectivity index (χ0) is 33.6. The van der Waals surface area contributed by atoms with Crippen molar-refractivity contribution in [3.8, 4) is 33.9 Å². The fraction of sp³-hybridized carbons (Fsp3) is 0. The monoisotopic (exact) mass is 409 g/mol. The number of hydrogen-bond acceptors (Lipinski definition) is 3. The lowest BCUT2D eigenvalue weighted by Gasteiger charge is -2.12. The number of benzene rings is 4. The third kappa shape index (κ3) is 3.37. The van der Waals surface area contributed by atoms with Crippen molar-refractivity contribution in [2.75, 3.05) is 0 Å². The molecule has 1 heterocycles. The van der Waals surface area contributed by atoms with Crippen molar-refractivity contribution < 1.29 is 21.9 Å². The maximum atomic E-state index is 8.92. The first kappa shape index (κ1) is 7.36. The molecule has 0 amide bonds. The number of halogens is 1. The molecule has 0 radical (unpaired) electrons. The molecule has 0 spiro atoms. The van der Waals surface area contributed by atoms with Gasteiger partial charge in [-0.25, -0.2) is 4.98 Å². The Labute approximate surface area is 196 Å². The van der Waals surface area contributed by atoms with Gasteiger partial charge in [-0.1, -0.05) is 90.6 Å². The summed E-state index contributed by atoms with van der Waals surface area (Å²) in [5.41, 5.74) is -2.08. The standard InChI is InChI=1S/C25H16ClN3/c26-25-28-23(18-11-5-2-6-12-18)27-24(29-25)22-16-15-19(17-9-3-1-4-10-17)20-13-7-8-14-21(20)22/h1-16H/i1D,2D,3D,4D,5D,6D,7D,8D,9D,10D,11D,12D,13D,14D,15D,16D. The lowest BCUT2D eigenvalue weighted by atomic mass is 9.95. The van der Waals surface area contributed by atoms with Crippen LogP contribution in [0.1, 0.15) is 21.9 Å². The Morgan fingerprint density at radius 2 is 1.03 bits per heavy atom. The number of rotatable bonds is 3. The molecule has 3 nitrogen and oxygen atoms in total. The zero-order valence-corrected chi connectivity index (χ0v) is 15.0. The minimum atomic E-state index is -0.804. The average molecular weight is 410 g/mol. The van der Waals surface area contributed by atoms with E-state index < -0.39 is 147 Å². The van der Waals surface area contributed by atoms with Gasteiger partial charge >= 0.3 is 0 Å². The van der Waals surface area contributed by atoms with Crippen LogP contribution in [-0.4, -0.2) is 15.0 Å². The molecule has 4 heteroatoms. The Bertz CT molecular complexity index is 2100. The largest absolute Gasteiger partial charge is 0.226 e. The Kier molecular flexibility index (Phi) is 1.89. The first-order valence-corrected chi connectivity index (χ1v) is 8.41. The molecule has 0 fully saturated rings. The van der Waals surface area contributed by atoms with E-state index in [-0.39, 0.29) is 0 Å². The third-order valence-corrected chi connectivity index (χ3v) is 3.97. The van der Waals surface area contributed by atoms with Gasteiger partial charge in [-0.05, 0) is 39.5 Å². The van der Waals surface area contributed by atoms with E-state index >= 15 is 0 Å². The summed E-state index contributed by atoms with van der Waals surface area (Å²) in [6, 6.07) is -12.0. The summed E-state index contributed by atoms with van der Waals surface area (Å²) in [7, 11) is 0. The highest BCUT2D eigenvalue weighted by molar-refractivity contribution is 6.28. The van der Waals surface area contributed by atoms with Crippen LogP contribution in [0.5, 0.6) is 0 Å². The number of fused-ring (bicyclic) bond motifs is 1. The van der Waals surface area contributed by atoms with Crippen LogP contribution in [-0.2, 0) is 0 Å². The summed E-state index contributed by atoms with van der Waals surface area (Å²) in [6.07, 6.45) is 0. The van der Waals surface area contributed by atoms with Gasteiger partial charge in [0.15, 0.2) is 11.6 Å². The first-order chi connectivity index (χ1) is 20.9. The minimum absolute atomic E-state index is 0.460. The molecule has 29 heavy (non-hydrogen) atoms. The molecular weight excluding hydrogens is 378 g/mol. The Balaban J connectivity index is 2.01. The lowest BCUT2D eigenvalue weighted by Crippen LogP contribution is -1.98. The van der Waals surface area contributed by atoms with Gasteiger partial charge in [0, 0.05) is 11.1 Å². The Morgan fingerprint density at radius 3 is 1.72 bits per heavy atom. The summed E-state index contributed by atoms with van der Waals surface area (Å²) in [5, 5.41) is -1.52. The second-order valence-corrected chi connectivity index (χ2v) is 5.84. The molecule has 0 aliphatic rings. The van der Waals surface area contributed by atoms with Crippen LogP contribution >= 0.6 is 11.6 Å². The van der Waals surface area contributed by atoms with Crippen LogP contribution in [0.15, 0.2) is 96.7 Å². The van der Waals surface area contributed by atoms with Crippen molar-refractivity contribution in [2.45, 2.75) is 0 Å². The van der Waals surface area contributed by atoms with Gasteiger partial charge in [0.05, 0.1) is 21.9 Å². The molecule has 1 aromatic heterocycles. The highest BCUT2D eigenvalue weighted by atomic mass is 35.5. The topological polar surface area (TPSA) is 38.7 Å². The van der Waals surface area contributed by atoms with Gasteiger partial charge in [0.2, 0.25) is 5.28 Å². The van der Waals surface area contributed by atoms with Crippen molar-refractivity contribution in [3.63, 3.8) is 0 Å². The van der Waals surface area contributed by atoms with Crippen molar-refractivity contribution >= 4 is 22.4 Å². The van der Waals surface area contributed by atoms with Gasteiger partial charge in [0.1, 0.15) is 0 Å². The molecule has 0 bridgehead atoms. The predicted octanol–water partition coefficient (Wildman–Crippen LogP) is 6.68. The Morgan fingerprint density at radius 1 is 0.517 bits per heavy atom. The number of nitrogens with zero attached hydrogens (tertiary/aromatic N) is 3. The van der Waals surface area contributed by atoms with Crippen LogP contribution in [0, 0.1) is 0 Å². The van der Waals surface area contributed by atoms with Crippen LogP contribution in [0.3, 0.4) is 0 Å². The number of hydrogen-bond donors (Lipinski definition) is 0. The maximum Gasteiger partial charge on any atom is 0.226 e. The molecular formula is C25H16ClN3. The molecule has 0 saturated heterocycles. The second-order valence-electron chi connectivity index (χ2n) is 5.50. The molecule has 5 aromatic rings. The van der Waals surface area contributed by atoms with E-state index in [0.717, 1.165) is 0 Å². The second kappa shape index (κ2) is 7.46. The number of aromatic nitrogens is 3. The summed E-state index contributed by atoms with van der Waals surface area (Å²) in [6.45, 7) is 0. The van der Waals surface area contributed by atoms with Gasteiger partial charge in [0.25, 0.3) is 0 Å². The zero-order valence-electron chi connectivity index (χ0n) is 30.2. The molecule has 0 aliphatic carbocycles. The highest BCUT2D eigenvalue weighted by Gasteiger charge is 2.14. The van der Waals surface area contributed by atoms with Crippen molar-refractivity contribution in [2.24, 2.45) is 0 Å². The molecule has 0 saturated carbocycles. The van der Waals surface area contributed by atoms with E-state index in [0.29, 0.717) is 0 Å². The molecule has 0 atom stereocenters. The normalized spacial score (nSPS) is 18.7. The van der Waals surface area contributed by atoms with Gasteiger partial charge < -0.3 is 0 Å². The van der Waals surface area contributed by atoms with Crippen LogP contribution in [0.25, 0.3) is 44.7 Å². The summed E-state index contributed by atoms with van der Waals surface area (Å²) < 4.78 is 133. The average Bonchev–Trinajstić information content (AvgIpc) is 3.00. The van der Waals surface area contributed by atoms with Crippen molar-refractivity contribution in [3.05, 3.63) is 102 Å². The van der Waals surface area contributed by atoms with Crippen LogP contribution in [0.4, 0.5) is 0 Å². The third-order valence-electron chi connectivity index (χ3n) is 3.81. The van der Waals surface area contributed by atoms with Crippen LogP contribution < -0.4 is 0 Å². The van der Waals surface area contributed by atoms with Gasteiger partial charge in [-0.3, -0.25) is 0 Å². The summed E-state index contributed by atoms with van der Waals surface area (Å²) >= 11 is 6.17. The molecule has 0 N–H and O–H groups in total. The van der Waals surface area contributed by atoms with E-state index in [1.807, 2.05) is 0 Å². The minimum Gasteiger partial charge on any atom is -0.208 e. The fourth-order valence-electron chi connectivity index (χ4n) is 2.60. The van der Waals surface area contributed by atoms with Gasteiger partial charge in [-0.2, -0.15) is 9.97 Å². The van der Waals surface area contributed by atoms with Crippen molar-refractivity contribution in [1.29, 1.82) is 0 Å². The summed E-state index contributed by atoms with van der Waals surface area (Å²) in [5.74, 6) is -1.09. The lowest BCUT2D eigenvalue weighted by molar-refractivity contribution is 1.07. The molecule has 0 unspecified atom stereocenters. The maximum absolute atomic E-state index is 8.92. The van der Waals surface area contributed by atoms with E-state index in [9.17, 15) is 0 Å². The first-order valence-electron chi connectivity index (χ1n) is 16.0.